The van der Waals surface area contributed by atoms with Crippen LogP contribution in [0, 0.1) is 0 Å². The predicted octanol–water partition coefficient (Wildman–Crippen LogP) is 2.20. The first-order valence-corrected chi connectivity index (χ1v) is 4.03. The first kappa shape index (κ1) is 8.85. The average molecular weight is 191 g/mol. The minimum Gasteiger partial charge on any atom is -0.384 e. The summed E-state index contributed by atoms with van der Waals surface area (Å²) in [5.74, 6) is 0. The molecule has 1 rings (SSSR count). The summed E-state index contributed by atoms with van der Waals surface area (Å²) in [7, 11) is 0. The second kappa shape index (κ2) is 3.44. The van der Waals surface area contributed by atoms with Gasteiger partial charge >= 0.3 is 0 Å². The van der Waals surface area contributed by atoms with E-state index in [1.54, 1.807) is 18.2 Å². The standard InChI is InChI=1S/C8H8Cl2O/c1-5-3-2-4-6(7(5)11)8(9)10/h2-4,7-8,11H,1H2. The van der Waals surface area contributed by atoms with Gasteiger partial charge in [0.25, 0.3) is 0 Å². The number of alkyl halides is 2. The lowest BCUT2D eigenvalue weighted by atomic mass is 9.99. The number of hydrogen-bond acceptors (Lipinski definition) is 1. The van der Waals surface area contributed by atoms with Gasteiger partial charge < -0.3 is 5.11 Å². The summed E-state index contributed by atoms with van der Waals surface area (Å²) >= 11 is 11.2. The van der Waals surface area contributed by atoms with Gasteiger partial charge in [-0.05, 0) is 11.1 Å². The van der Waals surface area contributed by atoms with Gasteiger partial charge in [0.2, 0.25) is 0 Å². The van der Waals surface area contributed by atoms with Crippen molar-refractivity contribution < 1.29 is 5.11 Å². The normalized spacial score (nSPS) is 24.2. The van der Waals surface area contributed by atoms with E-state index in [0.29, 0.717) is 11.1 Å². The molecule has 1 aliphatic rings. The van der Waals surface area contributed by atoms with E-state index in [-0.39, 0.29) is 0 Å². The van der Waals surface area contributed by atoms with Crippen LogP contribution in [0.4, 0.5) is 0 Å². The lowest BCUT2D eigenvalue weighted by Crippen LogP contribution is -2.18. The molecule has 0 amide bonds. The number of aliphatic hydroxyl groups excluding tert-OH is 1. The Kier molecular flexibility index (Phi) is 2.77. The zero-order valence-electron chi connectivity index (χ0n) is 5.80. The van der Waals surface area contributed by atoms with Crippen LogP contribution in [0.2, 0.25) is 0 Å². The fourth-order valence-electron chi connectivity index (χ4n) is 0.871. The molecule has 1 atom stereocenters. The number of aliphatic hydroxyl groups is 1. The van der Waals surface area contributed by atoms with E-state index < -0.39 is 10.9 Å². The average Bonchev–Trinajstić information content (AvgIpc) is 1.94. The van der Waals surface area contributed by atoms with E-state index in [4.69, 9.17) is 23.2 Å². The smallest absolute Gasteiger partial charge is 0.131 e. The van der Waals surface area contributed by atoms with Crippen molar-refractivity contribution in [1.82, 2.24) is 0 Å². The van der Waals surface area contributed by atoms with Crippen LogP contribution in [0.5, 0.6) is 0 Å². The largest absolute Gasteiger partial charge is 0.384 e. The molecular weight excluding hydrogens is 183 g/mol. The molecule has 0 aromatic carbocycles. The molecule has 0 aromatic rings. The maximum absolute atomic E-state index is 9.42. The summed E-state index contributed by atoms with van der Waals surface area (Å²) < 4.78 is 0. The van der Waals surface area contributed by atoms with Crippen molar-refractivity contribution in [3.63, 3.8) is 0 Å². The summed E-state index contributed by atoms with van der Waals surface area (Å²) in [4.78, 5) is -0.660. The van der Waals surface area contributed by atoms with Gasteiger partial charge in [-0.3, -0.25) is 0 Å². The minimum absolute atomic E-state index is 0.584. The van der Waals surface area contributed by atoms with Crippen molar-refractivity contribution in [3.05, 3.63) is 36.0 Å². The first-order valence-electron chi connectivity index (χ1n) is 3.16. The molecule has 3 heteroatoms. The highest BCUT2D eigenvalue weighted by atomic mass is 35.5. The highest BCUT2D eigenvalue weighted by Crippen LogP contribution is 2.25. The van der Waals surface area contributed by atoms with Gasteiger partial charge in [0, 0.05) is 0 Å². The molecule has 0 radical (unpaired) electrons. The summed E-state index contributed by atoms with van der Waals surface area (Å²) in [5, 5.41) is 9.42. The predicted molar refractivity (Wildman–Crippen MR) is 47.9 cm³/mol. The molecule has 0 fully saturated rings. The molecule has 1 nitrogen and oxygen atoms in total. The molecule has 11 heavy (non-hydrogen) atoms. The van der Waals surface area contributed by atoms with Crippen molar-refractivity contribution in [2.45, 2.75) is 10.9 Å². The van der Waals surface area contributed by atoms with Crippen molar-refractivity contribution >= 4 is 23.2 Å². The fraction of sp³-hybridized carbons (Fsp3) is 0.250. The summed E-state index contributed by atoms with van der Waals surface area (Å²) in [6, 6.07) is 0. The maximum Gasteiger partial charge on any atom is 0.131 e. The van der Waals surface area contributed by atoms with E-state index in [2.05, 4.69) is 6.58 Å². The van der Waals surface area contributed by atoms with Gasteiger partial charge in [-0.2, -0.15) is 0 Å². The van der Waals surface area contributed by atoms with Crippen LogP contribution in [0.3, 0.4) is 0 Å². The molecule has 0 spiro atoms. The van der Waals surface area contributed by atoms with Crippen LogP contribution in [0.1, 0.15) is 0 Å². The molecule has 0 heterocycles. The van der Waals surface area contributed by atoms with Crippen LogP contribution in [-0.4, -0.2) is 16.0 Å². The Bertz CT molecular complexity index is 228. The third kappa shape index (κ3) is 1.86. The van der Waals surface area contributed by atoms with E-state index in [0.717, 1.165) is 0 Å². The monoisotopic (exact) mass is 190 g/mol. The third-order valence-electron chi connectivity index (χ3n) is 1.52. The number of halogens is 2. The molecule has 1 aliphatic carbocycles. The summed E-state index contributed by atoms with van der Waals surface area (Å²) in [6.45, 7) is 3.63. The van der Waals surface area contributed by atoms with Crippen LogP contribution in [-0.2, 0) is 0 Å². The van der Waals surface area contributed by atoms with Gasteiger partial charge in [-0.25, -0.2) is 0 Å². The quantitative estimate of drug-likeness (QED) is 0.630. The van der Waals surface area contributed by atoms with E-state index in [9.17, 15) is 5.11 Å². The molecule has 0 aromatic heterocycles. The molecule has 1 N–H and O–H groups in total. The summed E-state index contributed by atoms with van der Waals surface area (Å²) in [5.41, 5.74) is 1.20. The van der Waals surface area contributed by atoms with E-state index in [1.807, 2.05) is 0 Å². The van der Waals surface area contributed by atoms with Crippen molar-refractivity contribution in [2.75, 3.05) is 0 Å². The Morgan fingerprint density at radius 3 is 2.64 bits per heavy atom. The van der Waals surface area contributed by atoms with Crippen LogP contribution >= 0.6 is 23.2 Å². The highest BCUT2D eigenvalue weighted by Gasteiger charge is 2.19. The molecule has 1 unspecified atom stereocenters. The van der Waals surface area contributed by atoms with Crippen LogP contribution in [0.15, 0.2) is 36.0 Å². The van der Waals surface area contributed by atoms with E-state index in [1.165, 1.54) is 0 Å². The Morgan fingerprint density at radius 2 is 2.18 bits per heavy atom. The Hall–Kier alpha value is -0.240. The van der Waals surface area contributed by atoms with Gasteiger partial charge in [0.05, 0.1) is 0 Å². The molecule has 0 saturated heterocycles. The molecule has 0 aliphatic heterocycles. The molecule has 0 bridgehead atoms. The molecular formula is C8H8Cl2O. The number of allylic oxidation sites excluding steroid dienone is 2. The van der Waals surface area contributed by atoms with Gasteiger partial charge in [0.15, 0.2) is 0 Å². The Morgan fingerprint density at radius 1 is 1.55 bits per heavy atom. The SMILES string of the molecule is C=C1C=CC=C(C(Cl)Cl)C1O. The third-order valence-corrected chi connectivity index (χ3v) is 2.02. The van der Waals surface area contributed by atoms with Gasteiger partial charge in [-0.15, -0.1) is 23.2 Å². The lowest BCUT2D eigenvalue weighted by molar-refractivity contribution is 0.249. The zero-order valence-corrected chi connectivity index (χ0v) is 7.31. The summed E-state index contributed by atoms with van der Waals surface area (Å²) in [6.07, 6.45) is 4.47. The van der Waals surface area contributed by atoms with Crippen molar-refractivity contribution in [2.24, 2.45) is 0 Å². The molecule has 0 saturated carbocycles. The number of hydrogen-bond donors (Lipinski definition) is 1. The molecule has 60 valence electrons. The Labute approximate surface area is 75.6 Å². The zero-order chi connectivity index (χ0) is 8.43. The Balaban J connectivity index is 2.87. The highest BCUT2D eigenvalue weighted by molar-refractivity contribution is 6.46. The first-order chi connectivity index (χ1) is 5.13. The second-order valence-corrected chi connectivity index (χ2v) is 3.40. The minimum atomic E-state index is -0.722. The van der Waals surface area contributed by atoms with Crippen molar-refractivity contribution in [3.8, 4) is 0 Å². The van der Waals surface area contributed by atoms with Gasteiger partial charge in [-0.1, -0.05) is 24.8 Å². The fourth-order valence-corrected chi connectivity index (χ4v) is 1.26. The lowest BCUT2D eigenvalue weighted by Gasteiger charge is -2.18. The number of rotatable bonds is 1. The van der Waals surface area contributed by atoms with Crippen LogP contribution in [0.25, 0.3) is 0 Å². The van der Waals surface area contributed by atoms with Crippen LogP contribution < -0.4 is 0 Å². The topological polar surface area (TPSA) is 20.2 Å². The second-order valence-electron chi connectivity index (χ2n) is 2.30. The maximum atomic E-state index is 9.42. The van der Waals surface area contributed by atoms with E-state index >= 15 is 0 Å². The van der Waals surface area contributed by atoms with Crippen molar-refractivity contribution in [1.29, 1.82) is 0 Å². The van der Waals surface area contributed by atoms with Gasteiger partial charge in [0.1, 0.15) is 10.9 Å².